The molecule has 0 aliphatic rings. The number of carboxylic acid groups (broad SMARTS) is 4. The third-order valence-corrected chi connectivity index (χ3v) is 1.32. The molecule has 0 aromatic rings. The van der Waals surface area contributed by atoms with Crippen molar-refractivity contribution >= 4 is 23.9 Å². The lowest BCUT2D eigenvalue weighted by atomic mass is 10.3. The highest BCUT2D eigenvalue weighted by molar-refractivity contribution is 5.86. The average Bonchev–Trinajstić information content (AvgIpc) is 2.30. The molecule has 0 amide bonds. The van der Waals surface area contributed by atoms with Crippen molar-refractivity contribution in [3.63, 3.8) is 0 Å². The van der Waals surface area contributed by atoms with Crippen molar-refractivity contribution in [2.45, 2.75) is 25.7 Å². The van der Waals surface area contributed by atoms with E-state index in [0.717, 1.165) is 0 Å². The van der Waals surface area contributed by atoms with Crippen LogP contribution in [0.2, 0.25) is 0 Å². The summed E-state index contributed by atoms with van der Waals surface area (Å²) in [7, 11) is 0. The molecule has 20 heavy (non-hydrogen) atoms. The zero-order valence-corrected chi connectivity index (χ0v) is 10.3. The number of carboxylic acids is 4. The van der Waals surface area contributed by atoms with Crippen LogP contribution in [0.5, 0.6) is 0 Å². The zero-order valence-electron chi connectivity index (χ0n) is 10.3. The number of rotatable bonds is 4. The van der Waals surface area contributed by atoms with Crippen LogP contribution in [0.4, 0.5) is 0 Å². The van der Waals surface area contributed by atoms with E-state index in [2.05, 4.69) is 11.8 Å². The largest absolute Gasteiger partial charge is 0.481 e. The van der Waals surface area contributed by atoms with Gasteiger partial charge in [-0.1, -0.05) is 11.8 Å². The monoisotopic (exact) mass is 284 g/mol. The van der Waals surface area contributed by atoms with E-state index in [1.807, 2.05) is 0 Å². The van der Waals surface area contributed by atoms with Crippen LogP contribution in [0, 0.1) is 23.7 Å². The SMILES string of the molecule is O=C(O)C#CCCC(=O)O.O=C(O)C#CCCC(=O)O. The molecule has 0 bridgehead atoms. The smallest absolute Gasteiger partial charge is 0.381 e. The Hall–Kier alpha value is -3.00. The molecule has 0 spiro atoms. The lowest BCUT2D eigenvalue weighted by molar-refractivity contribution is -0.137. The van der Waals surface area contributed by atoms with Crippen LogP contribution in [-0.2, 0) is 19.2 Å². The third kappa shape index (κ3) is 24.3. The van der Waals surface area contributed by atoms with Gasteiger partial charge in [-0.05, 0) is 0 Å². The van der Waals surface area contributed by atoms with Crippen LogP contribution in [0.25, 0.3) is 0 Å². The van der Waals surface area contributed by atoms with Gasteiger partial charge in [0.25, 0.3) is 0 Å². The van der Waals surface area contributed by atoms with Crippen molar-refractivity contribution in [1.29, 1.82) is 0 Å². The predicted molar refractivity (Wildman–Crippen MR) is 64.6 cm³/mol. The molecule has 0 radical (unpaired) electrons. The summed E-state index contributed by atoms with van der Waals surface area (Å²) in [6.07, 6.45) is -0.0518. The van der Waals surface area contributed by atoms with E-state index in [1.54, 1.807) is 11.8 Å². The fourth-order valence-electron chi connectivity index (χ4n) is 0.615. The van der Waals surface area contributed by atoms with Gasteiger partial charge in [0.15, 0.2) is 0 Å². The number of hydrogen-bond donors (Lipinski definition) is 4. The van der Waals surface area contributed by atoms with Gasteiger partial charge >= 0.3 is 23.9 Å². The first-order valence-corrected chi connectivity index (χ1v) is 5.13. The highest BCUT2D eigenvalue weighted by Crippen LogP contribution is 1.84. The number of hydrogen-bond acceptors (Lipinski definition) is 4. The Balaban J connectivity index is 0. The minimum atomic E-state index is -1.23. The molecule has 0 unspecified atom stereocenters. The van der Waals surface area contributed by atoms with Gasteiger partial charge in [0.2, 0.25) is 0 Å². The summed E-state index contributed by atoms with van der Waals surface area (Å²) in [5.41, 5.74) is 0. The van der Waals surface area contributed by atoms with E-state index in [1.165, 1.54) is 0 Å². The first kappa shape index (κ1) is 19.3. The fraction of sp³-hybridized carbons (Fsp3) is 0.333. The van der Waals surface area contributed by atoms with Gasteiger partial charge in [-0.25, -0.2) is 9.59 Å². The summed E-state index contributed by atoms with van der Waals surface area (Å²) in [6, 6.07) is 0. The molecule has 0 heterocycles. The maximum absolute atomic E-state index is 9.83. The van der Waals surface area contributed by atoms with E-state index in [4.69, 9.17) is 20.4 Å². The van der Waals surface area contributed by atoms with Gasteiger partial charge in [-0.2, -0.15) is 0 Å². The van der Waals surface area contributed by atoms with Crippen molar-refractivity contribution in [3.8, 4) is 23.7 Å². The summed E-state index contributed by atoms with van der Waals surface area (Å²) >= 11 is 0. The molecule has 108 valence electrons. The Morgan fingerprint density at radius 3 is 1.15 bits per heavy atom. The standard InChI is InChI=1S/2C6H6O4/c2*7-5(8)3-1-2-4-6(9)10/h2*1,3H2,(H,7,8)(H,9,10). The van der Waals surface area contributed by atoms with E-state index in [-0.39, 0.29) is 25.7 Å². The van der Waals surface area contributed by atoms with Crippen molar-refractivity contribution in [2.75, 3.05) is 0 Å². The molecule has 0 atom stereocenters. The molecule has 0 aliphatic carbocycles. The number of aliphatic carboxylic acids is 4. The third-order valence-electron chi connectivity index (χ3n) is 1.32. The fourth-order valence-corrected chi connectivity index (χ4v) is 0.615. The topological polar surface area (TPSA) is 149 Å². The predicted octanol–water partition coefficient (Wildman–Crippen LogP) is -0.122. The summed E-state index contributed by atoms with van der Waals surface area (Å²) < 4.78 is 0. The molecule has 8 heteroatoms. The Kier molecular flexibility index (Phi) is 12.0. The molecule has 0 fully saturated rings. The molecule has 0 rings (SSSR count). The van der Waals surface area contributed by atoms with Gasteiger partial charge in [-0.3, -0.25) is 9.59 Å². The lowest BCUT2D eigenvalue weighted by Gasteiger charge is -1.81. The molecule has 4 N–H and O–H groups in total. The summed E-state index contributed by atoms with van der Waals surface area (Å²) in [5.74, 6) is 3.57. The molecule has 0 aliphatic heterocycles. The summed E-state index contributed by atoms with van der Waals surface area (Å²) in [5, 5.41) is 32.0. The van der Waals surface area contributed by atoms with Crippen molar-refractivity contribution in [2.24, 2.45) is 0 Å². The molecular formula is C12H12O8. The van der Waals surface area contributed by atoms with Gasteiger partial charge in [-0.15, -0.1) is 0 Å². The molecule has 0 aromatic heterocycles. The van der Waals surface area contributed by atoms with E-state index >= 15 is 0 Å². The van der Waals surface area contributed by atoms with Crippen LogP contribution < -0.4 is 0 Å². The van der Waals surface area contributed by atoms with Gasteiger partial charge in [0, 0.05) is 24.7 Å². The van der Waals surface area contributed by atoms with Crippen LogP contribution >= 0.6 is 0 Å². The molecule has 0 aromatic carbocycles. The molecule has 8 nitrogen and oxygen atoms in total. The van der Waals surface area contributed by atoms with Crippen LogP contribution in [0.15, 0.2) is 0 Å². The average molecular weight is 284 g/mol. The van der Waals surface area contributed by atoms with E-state index < -0.39 is 23.9 Å². The quantitative estimate of drug-likeness (QED) is 0.522. The van der Waals surface area contributed by atoms with Crippen LogP contribution in [-0.4, -0.2) is 44.3 Å². The minimum Gasteiger partial charge on any atom is -0.481 e. The van der Waals surface area contributed by atoms with Crippen LogP contribution in [0.1, 0.15) is 25.7 Å². The van der Waals surface area contributed by atoms with Crippen molar-refractivity contribution in [1.82, 2.24) is 0 Å². The van der Waals surface area contributed by atoms with E-state index in [9.17, 15) is 19.2 Å². The van der Waals surface area contributed by atoms with Crippen LogP contribution in [0.3, 0.4) is 0 Å². The summed E-state index contributed by atoms with van der Waals surface area (Å²) in [6.45, 7) is 0. The minimum absolute atomic E-state index is 0.0850. The van der Waals surface area contributed by atoms with Gasteiger partial charge < -0.3 is 20.4 Å². The number of carbonyl (C=O) groups is 4. The second-order valence-corrected chi connectivity index (χ2v) is 3.00. The molecule has 0 saturated carbocycles. The highest BCUT2D eigenvalue weighted by atomic mass is 16.4. The van der Waals surface area contributed by atoms with Crippen molar-refractivity contribution in [3.05, 3.63) is 0 Å². The molecular weight excluding hydrogens is 272 g/mol. The van der Waals surface area contributed by atoms with E-state index in [0.29, 0.717) is 0 Å². The Labute approximate surface area is 114 Å². The zero-order chi connectivity index (χ0) is 16.0. The summed E-state index contributed by atoms with van der Waals surface area (Å²) in [4.78, 5) is 39.1. The Bertz CT molecular complexity index is 437. The molecule has 0 saturated heterocycles. The second kappa shape index (κ2) is 12.5. The highest BCUT2D eigenvalue weighted by Gasteiger charge is 1.92. The normalized spacial score (nSPS) is 7.60. The maximum atomic E-state index is 9.83. The maximum Gasteiger partial charge on any atom is 0.381 e. The Morgan fingerprint density at radius 2 is 0.950 bits per heavy atom. The van der Waals surface area contributed by atoms with Gasteiger partial charge in [0.1, 0.15) is 0 Å². The first-order chi connectivity index (χ1) is 9.25. The Morgan fingerprint density at radius 1 is 0.650 bits per heavy atom. The van der Waals surface area contributed by atoms with Gasteiger partial charge in [0.05, 0.1) is 12.8 Å². The first-order valence-electron chi connectivity index (χ1n) is 5.13. The second-order valence-electron chi connectivity index (χ2n) is 3.00. The van der Waals surface area contributed by atoms with Crippen molar-refractivity contribution < 1.29 is 39.6 Å². The lowest BCUT2D eigenvalue weighted by Crippen LogP contribution is -1.92.